The Kier molecular flexibility index (Phi) is 6.68. The highest BCUT2D eigenvalue weighted by Crippen LogP contribution is 2.14. The summed E-state index contributed by atoms with van der Waals surface area (Å²) >= 11 is 0. The Morgan fingerprint density at radius 2 is 1.67 bits per heavy atom. The molecular formula is C15H23N3O3. The lowest BCUT2D eigenvalue weighted by Gasteiger charge is -2.14. The van der Waals surface area contributed by atoms with Crippen molar-refractivity contribution in [1.82, 2.24) is 0 Å². The minimum atomic E-state index is -0.526. The number of hydrogen-bond acceptors (Lipinski definition) is 4. The van der Waals surface area contributed by atoms with E-state index < -0.39 is 12.1 Å². The summed E-state index contributed by atoms with van der Waals surface area (Å²) in [5.74, 6) is 0.150. The van der Waals surface area contributed by atoms with Crippen LogP contribution in [0.15, 0.2) is 24.3 Å². The second-order valence-corrected chi connectivity index (χ2v) is 5.15. The van der Waals surface area contributed by atoms with E-state index in [4.69, 9.17) is 10.5 Å². The van der Waals surface area contributed by atoms with Gasteiger partial charge in [-0.1, -0.05) is 13.8 Å². The zero-order chi connectivity index (χ0) is 15.8. The number of carbonyl (C=O) groups excluding carboxylic acids is 2. The molecule has 1 atom stereocenters. The standard InChI is InChI=1S/C15H23N3O3/c1-4-21-15(20)18-12-7-5-11(6-8-12)17-14(19)13(16)9-10(2)3/h5-8,10,13H,4,9,16H2,1-3H3,(H,17,19)(H,18,20)/t13-/m1/s1. The molecule has 1 rings (SSSR count). The molecule has 4 N–H and O–H groups in total. The molecule has 0 heterocycles. The number of rotatable bonds is 6. The van der Waals surface area contributed by atoms with E-state index in [9.17, 15) is 9.59 Å². The maximum atomic E-state index is 11.9. The van der Waals surface area contributed by atoms with Crippen molar-refractivity contribution >= 4 is 23.4 Å². The SMILES string of the molecule is CCOC(=O)Nc1ccc(NC(=O)[C@H](N)CC(C)C)cc1. The van der Waals surface area contributed by atoms with E-state index in [-0.39, 0.29) is 5.91 Å². The predicted octanol–water partition coefficient (Wildman–Crippen LogP) is 2.57. The molecule has 0 unspecified atom stereocenters. The Balaban J connectivity index is 2.54. The van der Waals surface area contributed by atoms with Crippen molar-refractivity contribution < 1.29 is 14.3 Å². The van der Waals surface area contributed by atoms with E-state index in [2.05, 4.69) is 10.6 Å². The molecule has 1 aromatic rings. The Morgan fingerprint density at radius 1 is 1.14 bits per heavy atom. The number of anilines is 2. The zero-order valence-electron chi connectivity index (χ0n) is 12.7. The van der Waals surface area contributed by atoms with Crippen LogP contribution in [0.3, 0.4) is 0 Å². The smallest absolute Gasteiger partial charge is 0.411 e. The largest absolute Gasteiger partial charge is 0.450 e. The summed E-state index contributed by atoms with van der Waals surface area (Å²) < 4.78 is 4.77. The van der Waals surface area contributed by atoms with Gasteiger partial charge < -0.3 is 15.8 Å². The monoisotopic (exact) mass is 293 g/mol. The number of nitrogens with two attached hydrogens (primary N) is 1. The minimum absolute atomic E-state index is 0.213. The van der Waals surface area contributed by atoms with Crippen LogP contribution in [0.4, 0.5) is 16.2 Å². The normalized spacial score (nSPS) is 11.9. The van der Waals surface area contributed by atoms with Crippen molar-refractivity contribution in [2.45, 2.75) is 33.2 Å². The first-order valence-corrected chi connectivity index (χ1v) is 7.02. The second-order valence-electron chi connectivity index (χ2n) is 5.15. The molecule has 2 amide bonds. The van der Waals surface area contributed by atoms with Crippen LogP contribution in [0.25, 0.3) is 0 Å². The van der Waals surface area contributed by atoms with E-state index in [1.165, 1.54) is 0 Å². The summed E-state index contributed by atoms with van der Waals surface area (Å²) in [7, 11) is 0. The van der Waals surface area contributed by atoms with Gasteiger partial charge in [0, 0.05) is 11.4 Å². The highest BCUT2D eigenvalue weighted by atomic mass is 16.5. The van der Waals surface area contributed by atoms with E-state index in [1.54, 1.807) is 31.2 Å². The van der Waals surface area contributed by atoms with Crippen LogP contribution in [0, 0.1) is 5.92 Å². The van der Waals surface area contributed by atoms with Crippen molar-refractivity contribution in [2.75, 3.05) is 17.2 Å². The van der Waals surface area contributed by atoms with E-state index in [0.29, 0.717) is 30.3 Å². The van der Waals surface area contributed by atoms with Crippen molar-refractivity contribution in [3.63, 3.8) is 0 Å². The molecule has 6 nitrogen and oxygen atoms in total. The van der Waals surface area contributed by atoms with Crippen LogP contribution in [-0.2, 0) is 9.53 Å². The van der Waals surface area contributed by atoms with Gasteiger partial charge in [0.1, 0.15) is 0 Å². The maximum absolute atomic E-state index is 11.9. The minimum Gasteiger partial charge on any atom is -0.450 e. The Morgan fingerprint density at radius 3 is 2.14 bits per heavy atom. The van der Waals surface area contributed by atoms with E-state index >= 15 is 0 Å². The van der Waals surface area contributed by atoms with Crippen molar-refractivity contribution in [1.29, 1.82) is 0 Å². The van der Waals surface area contributed by atoms with Gasteiger partial charge in [-0.2, -0.15) is 0 Å². The lowest BCUT2D eigenvalue weighted by atomic mass is 10.0. The van der Waals surface area contributed by atoms with Crippen molar-refractivity contribution in [3.05, 3.63) is 24.3 Å². The molecule has 0 fully saturated rings. The maximum Gasteiger partial charge on any atom is 0.411 e. The van der Waals surface area contributed by atoms with Gasteiger partial charge in [0.25, 0.3) is 0 Å². The number of ether oxygens (including phenoxy) is 1. The lowest BCUT2D eigenvalue weighted by molar-refractivity contribution is -0.117. The molecular weight excluding hydrogens is 270 g/mol. The number of carbonyl (C=O) groups is 2. The predicted molar refractivity (Wildman–Crippen MR) is 83.1 cm³/mol. The molecule has 0 saturated carbocycles. The first-order chi connectivity index (χ1) is 9.92. The fourth-order valence-electron chi connectivity index (χ4n) is 1.77. The molecule has 0 aliphatic rings. The molecule has 6 heteroatoms. The topological polar surface area (TPSA) is 93.5 Å². The van der Waals surface area contributed by atoms with Gasteiger partial charge in [0.2, 0.25) is 5.91 Å². The Hall–Kier alpha value is -2.08. The second kappa shape index (κ2) is 8.26. The highest BCUT2D eigenvalue weighted by Gasteiger charge is 2.14. The average Bonchev–Trinajstić information content (AvgIpc) is 2.40. The molecule has 0 aliphatic carbocycles. The molecule has 1 aromatic carbocycles. The first-order valence-electron chi connectivity index (χ1n) is 7.02. The summed E-state index contributed by atoms with van der Waals surface area (Å²) in [4.78, 5) is 23.1. The first kappa shape index (κ1) is 17.0. The average molecular weight is 293 g/mol. The fourth-order valence-corrected chi connectivity index (χ4v) is 1.77. The summed E-state index contributed by atoms with van der Waals surface area (Å²) in [5.41, 5.74) is 7.04. The van der Waals surface area contributed by atoms with Gasteiger partial charge in [0.05, 0.1) is 12.6 Å². The van der Waals surface area contributed by atoms with Gasteiger partial charge >= 0.3 is 6.09 Å². The van der Waals surface area contributed by atoms with Crippen LogP contribution in [0.5, 0.6) is 0 Å². The molecule has 0 spiro atoms. The third kappa shape index (κ3) is 6.27. The number of nitrogens with one attached hydrogen (secondary N) is 2. The molecule has 0 aromatic heterocycles. The molecule has 21 heavy (non-hydrogen) atoms. The van der Waals surface area contributed by atoms with Crippen LogP contribution in [0.1, 0.15) is 27.2 Å². The Bertz CT molecular complexity index is 472. The van der Waals surface area contributed by atoms with Crippen molar-refractivity contribution in [2.24, 2.45) is 11.7 Å². The summed E-state index contributed by atoms with van der Waals surface area (Å²) in [5, 5.41) is 5.32. The number of amides is 2. The highest BCUT2D eigenvalue weighted by molar-refractivity contribution is 5.95. The summed E-state index contributed by atoms with van der Waals surface area (Å²) in [6, 6.07) is 6.23. The number of benzene rings is 1. The fraction of sp³-hybridized carbons (Fsp3) is 0.467. The Labute approximate surface area is 125 Å². The third-order valence-electron chi connectivity index (χ3n) is 2.74. The summed E-state index contributed by atoms with van der Waals surface area (Å²) in [6.07, 6.45) is 0.127. The van der Waals surface area contributed by atoms with Gasteiger partial charge in [-0.05, 0) is 43.5 Å². The van der Waals surface area contributed by atoms with Crippen LogP contribution in [0.2, 0.25) is 0 Å². The summed E-state index contributed by atoms with van der Waals surface area (Å²) in [6.45, 7) is 6.08. The van der Waals surface area contributed by atoms with Gasteiger partial charge in [-0.25, -0.2) is 4.79 Å². The van der Waals surface area contributed by atoms with E-state index in [1.807, 2.05) is 13.8 Å². The van der Waals surface area contributed by atoms with Crippen molar-refractivity contribution in [3.8, 4) is 0 Å². The molecule has 0 aliphatic heterocycles. The van der Waals surface area contributed by atoms with Crippen LogP contribution >= 0.6 is 0 Å². The zero-order valence-corrected chi connectivity index (χ0v) is 12.7. The molecule has 0 saturated heterocycles. The van der Waals surface area contributed by atoms with Crippen LogP contribution < -0.4 is 16.4 Å². The lowest BCUT2D eigenvalue weighted by Crippen LogP contribution is -2.36. The molecule has 0 radical (unpaired) electrons. The third-order valence-corrected chi connectivity index (χ3v) is 2.74. The molecule has 116 valence electrons. The van der Waals surface area contributed by atoms with Gasteiger partial charge in [-0.3, -0.25) is 10.1 Å². The van der Waals surface area contributed by atoms with Gasteiger partial charge in [0.15, 0.2) is 0 Å². The van der Waals surface area contributed by atoms with E-state index in [0.717, 1.165) is 0 Å². The molecule has 0 bridgehead atoms. The van der Waals surface area contributed by atoms with Gasteiger partial charge in [-0.15, -0.1) is 0 Å². The van der Waals surface area contributed by atoms with Crippen LogP contribution in [-0.4, -0.2) is 24.6 Å². The quantitative estimate of drug-likeness (QED) is 0.751. The number of hydrogen-bond donors (Lipinski definition) is 3.